The summed E-state index contributed by atoms with van der Waals surface area (Å²) in [4.78, 5) is 19.0. The zero-order valence-electron chi connectivity index (χ0n) is 14.7. The molecule has 0 radical (unpaired) electrons. The van der Waals surface area contributed by atoms with Crippen LogP contribution < -0.4 is 10.2 Å². The summed E-state index contributed by atoms with van der Waals surface area (Å²) in [5, 5.41) is 3.62. The van der Waals surface area contributed by atoms with Crippen LogP contribution in [0.2, 0.25) is 0 Å². The van der Waals surface area contributed by atoms with Crippen molar-refractivity contribution in [1.29, 1.82) is 0 Å². The van der Waals surface area contributed by atoms with Crippen LogP contribution in [0, 0.1) is 0 Å². The predicted octanol–water partition coefficient (Wildman–Crippen LogP) is 4.67. The molecule has 1 aliphatic heterocycles. The second-order valence-electron chi connectivity index (χ2n) is 6.62. The number of carbonyl (C=O) groups excluding carboxylic acids is 1. The predicted molar refractivity (Wildman–Crippen MR) is 104 cm³/mol. The van der Waals surface area contributed by atoms with Crippen molar-refractivity contribution < 1.29 is 4.79 Å². The second-order valence-corrected chi connectivity index (χ2v) is 6.62. The van der Waals surface area contributed by atoms with Gasteiger partial charge in [0.2, 0.25) is 0 Å². The molecule has 1 aromatic heterocycles. The summed E-state index contributed by atoms with van der Waals surface area (Å²) >= 11 is 0. The molecule has 0 spiro atoms. The monoisotopic (exact) mass is 343 g/mol. The number of fused-ring (bicyclic) bond motifs is 1. The number of nitrogens with zero attached hydrogens (tertiary/aromatic N) is 2. The highest BCUT2D eigenvalue weighted by Gasteiger charge is 2.33. The lowest BCUT2D eigenvalue weighted by molar-refractivity contribution is 0.0974. The Morgan fingerprint density at radius 2 is 1.69 bits per heavy atom. The number of nitrogens with one attached hydrogen (secondary N) is 1. The minimum absolute atomic E-state index is 0.0190. The summed E-state index contributed by atoms with van der Waals surface area (Å²) < 4.78 is 0. The number of benzene rings is 2. The molecule has 130 valence electrons. The number of anilines is 2. The number of carbonyl (C=O) groups is 1. The van der Waals surface area contributed by atoms with E-state index in [9.17, 15) is 4.79 Å². The van der Waals surface area contributed by atoms with E-state index < -0.39 is 0 Å². The topological polar surface area (TPSA) is 45.2 Å². The summed E-state index contributed by atoms with van der Waals surface area (Å²) in [6, 6.07) is 22.2. The van der Waals surface area contributed by atoms with Gasteiger partial charge in [-0.1, -0.05) is 36.4 Å². The van der Waals surface area contributed by atoms with E-state index in [-0.39, 0.29) is 18.0 Å². The summed E-state index contributed by atoms with van der Waals surface area (Å²) in [5.74, 6) is 0.0190. The van der Waals surface area contributed by atoms with E-state index in [0.717, 1.165) is 23.4 Å². The third-order valence-corrected chi connectivity index (χ3v) is 4.85. The smallest absolute Gasteiger partial charge is 0.258 e. The molecule has 0 fully saturated rings. The van der Waals surface area contributed by atoms with Crippen molar-refractivity contribution in [3.05, 3.63) is 90.3 Å². The van der Waals surface area contributed by atoms with E-state index >= 15 is 0 Å². The minimum atomic E-state index is 0.0190. The molecule has 1 amide bonds. The fourth-order valence-electron chi connectivity index (χ4n) is 3.63. The van der Waals surface area contributed by atoms with Crippen molar-refractivity contribution in [3.8, 4) is 0 Å². The summed E-state index contributed by atoms with van der Waals surface area (Å²) in [5.41, 5.74) is 3.88. The molecular formula is C22H21N3O. The van der Waals surface area contributed by atoms with Gasteiger partial charge in [0.05, 0.1) is 6.04 Å². The number of rotatable bonds is 3. The lowest BCUT2D eigenvalue weighted by Gasteiger charge is -2.40. The zero-order valence-corrected chi connectivity index (χ0v) is 14.7. The van der Waals surface area contributed by atoms with Gasteiger partial charge < -0.3 is 10.2 Å². The van der Waals surface area contributed by atoms with E-state index in [1.165, 1.54) is 0 Å². The Balaban J connectivity index is 1.69. The van der Waals surface area contributed by atoms with Crippen molar-refractivity contribution in [2.75, 3.05) is 10.2 Å². The first-order chi connectivity index (χ1) is 12.7. The maximum absolute atomic E-state index is 13.1. The maximum Gasteiger partial charge on any atom is 0.258 e. The molecule has 0 aliphatic carbocycles. The molecule has 2 heterocycles. The first-order valence-corrected chi connectivity index (χ1v) is 8.88. The SMILES string of the molecule is C[C@@H]1C[C@H](Nc2ccccc2)c2ccccc2N1C(=O)c1ccncc1. The number of aromatic nitrogens is 1. The highest BCUT2D eigenvalue weighted by molar-refractivity contribution is 6.07. The Morgan fingerprint density at radius 3 is 2.46 bits per heavy atom. The van der Waals surface area contributed by atoms with Gasteiger partial charge in [0.25, 0.3) is 5.91 Å². The Labute approximate surface area is 153 Å². The summed E-state index contributed by atoms with van der Waals surface area (Å²) in [6.45, 7) is 2.11. The summed E-state index contributed by atoms with van der Waals surface area (Å²) in [7, 11) is 0. The first kappa shape index (κ1) is 16.3. The molecule has 2 atom stereocenters. The maximum atomic E-state index is 13.1. The number of hydrogen-bond donors (Lipinski definition) is 1. The molecule has 26 heavy (non-hydrogen) atoms. The molecule has 0 bridgehead atoms. The van der Waals surface area contributed by atoms with Gasteiger partial charge in [-0.3, -0.25) is 9.78 Å². The van der Waals surface area contributed by atoms with E-state index in [2.05, 4.69) is 35.4 Å². The van der Waals surface area contributed by atoms with Crippen LogP contribution in [0.1, 0.15) is 35.3 Å². The number of amides is 1. The Morgan fingerprint density at radius 1 is 1.00 bits per heavy atom. The Bertz CT molecular complexity index is 896. The van der Waals surface area contributed by atoms with Crippen molar-refractivity contribution in [2.45, 2.75) is 25.4 Å². The van der Waals surface area contributed by atoms with Crippen LogP contribution in [0.5, 0.6) is 0 Å². The summed E-state index contributed by atoms with van der Waals surface area (Å²) in [6.07, 6.45) is 4.17. The van der Waals surface area contributed by atoms with Gasteiger partial charge in [-0.05, 0) is 49.2 Å². The molecule has 0 saturated carbocycles. The second kappa shape index (κ2) is 7.00. The van der Waals surface area contributed by atoms with Crippen molar-refractivity contribution in [1.82, 2.24) is 4.98 Å². The average Bonchev–Trinajstić information content (AvgIpc) is 2.69. The molecule has 2 aromatic carbocycles. The molecule has 4 nitrogen and oxygen atoms in total. The van der Waals surface area contributed by atoms with E-state index in [0.29, 0.717) is 5.56 Å². The molecule has 4 heteroatoms. The molecule has 1 aliphatic rings. The third-order valence-electron chi connectivity index (χ3n) is 4.85. The molecular weight excluding hydrogens is 322 g/mol. The molecule has 1 N–H and O–H groups in total. The number of para-hydroxylation sites is 2. The molecule has 0 unspecified atom stereocenters. The first-order valence-electron chi connectivity index (χ1n) is 8.88. The van der Waals surface area contributed by atoms with Gasteiger partial charge in [0, 0.05) is 35.4 Å². The van der Waals surface area contributed by atoms with E-state index in [4.69, 9.17) is 0 Å². The molecule has 3 aromatic rings. The zero-order chi connectivity index (χ0) is 17.9. The van der Waals surface area contributed by atoms with Gasteiger partial charge in [-0.2, -0.15) is 0 Å². The quantitative estimate of drug-likeness (QED) is 0.751. The number of hydrogen-bond acceptors (Lipinski definition) is 3. The average molecular weight is 343 g/mol. The fraction of sp³-hybridized carbons (Fsp3) is 0.182. The Hall–Kier alpha value is -3.14. The van der Waals surface area contributed by atoms with Crippen molar-refractivity contribution in [2.24, 2.45) is 0 Å². The van der Waals surface area contributed by atoms with Crippen LogP contribution in [-0.2, 0) is 0 Å². The van der Waals surface area contributed by atoms with Gasteiger partial charge >= 0.3 is 0 Å². The third kappa shape index (κ3) is 3.06. The number of pyridine rings is 1. The minimum Gasteiger partial charge on any atom is -0.378 e. The lowest BCUT2D eigenvalue weighted by Crippen LogP contribution is -2.44. The molecule has 4 rings (SSSR count). The standard InChI is InChI=1S/C22H21N3O/c1-16-15-20(24-18-7-3-2-4-8-18)19-9-5-6-10-21(19)25(16)22(26)17-11-13-23-14-12-17/h2-14,16,20,24H,15H2,1H3/t16-,20+/m1/s1. The fourth-order valence-corrected chi connectivity index (χ4v) is 3.63. The van der Waals surface area contributed by atoms with Gasteiger partial charge in [0.1, 0.15) is 0 Å². The largest absolute Gasteiger partial charge is 0.378 e. The van der Waals surface area contributed by atoms with Gasteiger partial charge in [-0.25, -0.2) is 0 Å². The van der Waals surface area contributed by atoms with Crippen LogP contribution >= 0.6 is 0 Å². The van der Waals surface area contributed by atoms with Crippen molar-refractivity contribution >= 4 is 17.3 Å². The van der Waals surface area contributed by atoms with Gasteiger partial charge in [0.15, 0.2) is 0 Å². The van der Waals surface area contributed by atoms with Crippen LogP contribution in [0.3, 0.4) is 0 Å². The van der Waals surface area contributed by atoms with Crippen LogP contribution in [-0.4, -0.2) is 16.9 Å². The van der Waals surface area contributed by atoms with E-state index in [1.54, 1.807) is 24.5 Å². The van der Waals surface area contributed by atoms with Crippen LogP contribution in [0.4, 0.5) is 11.4 Å². The highest BCUT2D eigenvalue weighted by atomic mass is 16.2. The molecule has 0 saturated heterocycles. The highest BCUT2D eigenvalue weighted by Crippen LogP contribution is 2.39. The van der Waals surface area contributed by atoms with Crippen LogP contribution in [0.25, 0.3) is 0 Å². The van der Waals surface area contributed by atoms with Gasteiger partial charge in [-0.15, -0.1) is 0 Å². The Kier molecular flexibility index (Phi) is 4.40. The van der Waals surface area contributed by atoms with Crippen molar-refractivity contribution in [3.63, 3.8) is 0 Å². The normalized spacial score (nSPS) is 18.9. The van der Waals surface area contributed by atoms with Crippen LogP contribution in [0.15, 0.2) is 79.1 Å². The lowest BCUT2D eigenvalue weighted by atomic mass is 9.91. The van der Waals surface area contributed by atoms with E-state index in [1.807, 2.05) is 41.3 Å².